The minimum atomic E-state index is -0.917. The van der Waals surface area contributed by atoms with Crippen molar-refractivity contribution in [2.75, 3.05) is 0 Å². The van der Waals surface area contributed by atoms with E-state index in [4.69, 9.17) is 5.11 Å². The molecule has 3 aromatic rings. The number of thiophene rings is 1. The van der Waals surface area contributed by atoms with Crippen LogP contribution in [-0.2, 0) is 19.9 Å². The zero-order valence-corrected chi connectivity index (χ0v) is 12.4. The van der Waals surface area contributed by atoms with Crippen molar-refractivity contribution in [2.45, 2.75) is 19.3 Å². The summed E-state index contributed by atoms with van der Waals surface area (Å²) < 4.78 is 2.04. The first kappa shape index (κ1) is 12.6. The maximum absolute atomic E-state index is 11.1. The van der Waals surface area contributed by atoms with E-state index in [-0.39, 0.29) is 5.56 Å². The lowest BCUT2D eigenvalue weighted by molar-refractivity contribution is 0.0697. The molecule has 0 saturated heterocycles. The summed E-state index contributed by atoms with van der Waals surface area (Å²) in [6.45, 7) is 0. The number of hydrogen-bond acceptors (Lipinski definition) is 3. The maximum Gasteiger partial charge on any atom is 0.335 e. The van der Waals surface area contributed by atoms with Gasteiger partial charge in [0.2, 0.25) is 0 Å². The minimum Gasteiger partial charge on any atom is -0.478 e. The van der Waals surface area contributed by atoms with Crippen molar-refractivity contribution < 1.29 is 9.90 Å². The van der Waals surface area contributed by atoms with Crippen LogP contribution in [-0.4, -0.2) is 20.6 Å². The first-order valence-corrected chi connectivity index (χ1v) is 7.77. The highest BCUT2D eigenvalue weighted by Gasteiger charge is 2.19. The largest absolute Gasteiger partial charge is 0.478 e. The van der Waals surface area contributed by atoms with Crippen molar-refractivity contribution in [3.63, 3.8) is 0 Å². The minimum absolute atomic E-state index is 0.279. The molecular formula is C16H14N2O2S. The molecule has 4 rings (SSSR count). The fourth-order valence-corrected chi connectivity index (χ4v) is 4.27. The van der Waals surface area contributed by atoms with E-state index < -0.39 is 5.97 Å². The van der Waals surface area contributed by atoms with E-state index in [9.17, 15) is 4.79 Å². The predicted octanol–water partition coefficient (Wildman–Crippen LogP) is 3.49. The molecule has 4 nitrogen and oxygen atoms in total. The number of fused-ring (bicyclic) bond motifs is 2. The maximum atomic E-state index is 11.1. The van der Waals surface area contributed by atoms with Gasteiger partial charge in [-0.3, -0.25) is 0 Å². The van der Waals surface area contributed by atoms with Crippen LogP contribution in [0.25, 0.3) is 21.7 Å². The summed E-state index contributed by atoms with van der Waals surface area (Å²) in [4.78, 5) is 18.4. The molecule has 106 valence electrons. The third-order valence-electron chi connectivity index (χ3n) is 4.09. The van der Waals surface area contributed by atoms with E-state index >= 15 is 0 Å². The standard InChI is InChI=1S/C16H14N2O2S/c1-18-12-6-5-10(16(19)20)7-11(12)17-15(18)14-8-9-3-2-4-13(9)21-14/h5-8H,2-4H2,1H3,(H,19,20). The number of hydrogen-bond donors (Lipinski definition) is 1. The number of benzene rings is 1. The molecule has 0 saturated carbocycles. The zero-order chi connectivity index (χ0) is 14.6. The highest BCUT2D eigenvalue weighted by molar-refractivity contribution is 7.15. The fourth-order valence-electron chi connectivity index (χ4n) is 2.99. The predicted molar refractivity (Wildman–Crippen MR) is 83.0 cm³/mol. The van der Waals surface area contributed by atoms with E-state index in [1.165, 1.54) is 34.6 Å². The smallest absolute Gasteiger partial charge is 0.335 e. The average Bonchev–Trinajstić information content (AvgIpc) is 3.11. The average molecular weight is 298 g/mol. The van der Waals surface area contributed by atoms with Crippen LogP contribution in [0.2, 0.25) is 0 Å². The molecule has 0 atom stereocenters. The van der Waals surface area contributed by atoms with E-state index in [1.54, 1.807) is 12.1 Å². The Hall–Kier alpha value is -2.14. The summed E-state index contributed by atoms with van der Waals surface area (Å²) in [7, 11) is 1.98. The molecule has 0 fully saturated rings. The van der Waals surface area contributed by atoms with Gasteiger partial charge >= 0.3 is 5.97 Å². The second kappa shape index (κ2) is 4.43. The van der Waals surface area contributed by atoms with Crippen molar-refractivity contribution in [3.8, 4) is 10.7 Å². The Balaban J connectivity index is 1.88. The van der Waals surface area contributed by atoms with Crippen LogP contribution < -0.4 is 0 Å². The van der Waals surface area contributed by atoms with Gasteiger partial charge in [-0.2, -0.15) is 0 Å². The van der Waals surface area contributed by atoms with Gasteiger partial charge in [0.05, 0.1) is 21.5 Å². The molecule has 0 bridgehead atoms. The van der Waals surface area contributed by atoms with Crippen LogP contribution >= 0.6 is 11.3 Å². The van der Waals surface area contributed by atoms with Crippen LogP contribution in [0.3, 0.4) is 0 Å². The number of aromatic nitrogens is 2. The van der Waals surface area contributed by atoms with Crippen LogP contribution in [0.5, 0.6) is 0 Å². The summed E-state index contributed by atoms with van der Waals surface area (Å²) in [6, 6.07) is 7.34. The quantitative estimate of drug-likeness (QED) is 0.788. The van der Waals surface area contributed by atoms with Gasteiger partial charge in [-0.1, -0.05) is 0 Å². The Kier molecular flexibility index (Phi) is 2.65. The van der Waals surface area contributed by atoms with Gasteiger partial charge in [-0.05, 0) is 49.1 Å². The van der Waals surface area contributed by atoms with Crippen molar-refractivity contribution in [3.05, 3.63) is 40.3 Å². The van der Waals surface area contributed by atoms with Crippen LogP contribution in [0, 0.1) is 0 Å². The van der Waals surface area contributed by atoms with Crippen LogP contribution in [0.15, 0.2) is 24.3 Å². The molecule has 0 amide bonds. The van der Waals surface area contributed by atoms with Crippen molar-refractivity contribution in [2.24, 2.45) is 7.05 Å². The number of imidazole rings is 1. The van der Waals surface area contributed by atoms with Crippen LogP contribution in [0.4, 0.5) is 0 Å². The molecule has 1 N–H and O–H groups in total. The van der Waals surface area contributed by atoms with Gasteiger partial charge in [0.1, 0.15) is 0 Å². The Bertz CT molecular complexity index is 854. The molecule has 0 radical (unpaired) electrons. The Morgan fingerprint density at radius 1 is 1.33 bits per heavy atom. The molecule has 21 heavy (non-hydrogen) atoms. The second-order valence-corrected chi connectivity index (χ2v) is 6.55. The van der Waals surface area contributed by atoms with E-state index in [2.05, 4.69) is 11.1 Å². The monoisotopic (exact) mass is 298 g/mol. The lowest BCUT2D eigenvalue weighted by atomic mass is 10.2. The molecule has 0 aliphatic heterocycles. The molecule has 2 heterocycles. The number of aryl methyl sites for hydroxylation is 3. The third-order valence-corrected chi connectivity index (χ3v) is 5.33. The van der Waals surface area contributed by atoms with Gasteiger partial charge in [0.15, 0.2) is 5.82 Å². The SMILES string of the molecule is Cn1c(-c2cc3c(s2)CCC3)nc2cc(C(=O)O)ccc21. The van der Waals surface area contributed by atoms with Gasteiger partial charge in [-0.15, -0.1) is 11.3 Å². The third kappa shape index (κ3) is 1.88. The Morgan fingerprint density at radius 3 is 2.95 bits per heavy atom. The second-order valence-electron chi connectivity index (χ2n) is 5.42. The lowest BCUT2D eigenvalue weighted by Crippen LogP contribution is -1.95. The highest BCUT2D eigenvalue weighted by Crippen LogP contribution is 2.37. The summed E-state index contributed by atoms with van der Waals surface area (Å²) in [6.07, 6.45) is 3.60. The van der Waals surface area contributed by atoms with Gasteiger partial charge in [0.25, 0.3) is 0 Å². The summed E-state index contributed by atoms with van der Waals surface area (Å²) in [5.41, 5.74) is 3.43. The van der Waals surface area contributed by atoms with Gasteiger partial charge in [0, 0.05) is 11.9 Å². The summed E-state index contributed by atoms with van der Waals surface area (Å²) >= 11 is 1.82. The van der Waals surface area contributed by atoms with Crippen LogP contribution in [0.1, 0.15) is 27.2 Å². The van der Waals surface area contributed by atoms with Gasteiger partial charge in [-0.25, -0.2) is 9.78 Å². The molecule has 2 aromatic heterocycles. The van der Waals surface area contributed by atoms with Crippen molar-refractivity contribution in [1.82, 2.24) is 9.55 Å². The molecule has 1 aliphatic rings. The first-order chi connectivity index (χ1) is 10.1. The normalized spacial score (nSPS) is 13.8. The number of aromatic carboxylic acids is 1. The topological polar surface area (TPSA) is 55.1 Å². The Labute approximate surface area is 125 Å². The number of carbonyl (C=O) groups is 1. The lowest BCUT2D eigenvalue weighted by Gasteiger charge is -1.99. The zero-order valence-electron chi connectivity index (χ0n) is 11.6. The molecule has 5 heteroatoms. The number of carboxylic acid groups (broad SMARTS) is 1. The van der Waals surface area contributed by atoms with Gasteiger partial charge < -0.3 is 9.67 Å². The molecular weight excluding hydrogens is 284 g/mol. The molecule has 0 unspecified atom stereocenters. The molecule has 1 aromatic carbocycles. The number of carboxylic acids is 1. The number of rotatable bonds is 2. The Morgan fingerprint density at radius 2 is 2.19 bits per heavy atom. The number of nitrogens with zero attached hydrogens (tertiary/aromatic N) is 2. The van der Waals surface area contributed by atoms with E-state index in [1.807, 2.05) is 29.0 Å². The summed E-state index contributed by atoms with van der Waals surface area (Å²) in [5, 5.41) is 9.08. The van der Waals surface area contributed by atoms with E-state index in [0.29, 0.717) is 0 Å². The van der Waals surface area contributed by atoms with Crippen molar-refractivity contribution >= 4 is 28.3 Å². The highest BCUT2D eigenvalue weighted by atomic mass is 32.1. The summed E-state index contributed by atoms with van der Waals surface area (Å²) in [5.74, 6) is 0.00569. The molecule has 0 spiro atoms. The first-order valence-electron chi connectivity index (χ1n) is 6.95. The molecule has 1 aliphatic carbocycles. The fraction of sp³-hybridized carbons (Fsp3) is 0.250. The van der Waals surface area contributed by atoms with E-state index in [0.717, 1.165) is 16.9 Å². The van der Waals surface area contributed by atoms with Crippen molar-refractivity contribution in [1.29, 1.82) is 0 Å².